The van der Waals surface area contributed by atoms with Crippen LogP contribution in [-0.4, -0.2) is 82.4 Å². The first-order valence-electron chi connectivity index (χ1n) is 20.8. The van der Waals surface area contributed by atoms with Crippen LogP contribution < -0.4 is 20.5 Å². The number of unbranched alkanes of at least 4 members (excludes halogenated alkanes) is 9. The van der Waals surface area contributed by atoms with Gasteiger partial charge in [-0.1, -0.05) is 91.4 Å². The van der Waals surface area contributed by atoms with E-state index in [2.05, 4.69) is 19.2 Å². The molecule has 0 saturated heterocycles. The summed E-state index contributed by atoms with van der Waals surface area (Å²) in [6.45, 7) is 13.1. The zero-order valence-electron chi connectivity index (χ0n) is 36.0. The topological polar surface area (TPSA) is 165 Å². The maximum Gasteiger partial charge on any atom is 0.334 e. The van der Waals surface area contributed by atoms with E-state index in [4.69, 9.17) is 14.5 Å². The summed E-state index contributed by atoms with van der Waals surface area (Å²) in [6, 6.07) is 2.25. The largest absolute Gasteiger partial charge is 0.491 e. The van der Waals surface area contributed by atoms with Gasteiger partial charge in [-0.2, -0.15) is 0 Å². The summed E-state index contributed by atoms with van der Waals surface area (Å²) in [5.74, 6) is -1.97. The lowest BCUT2D eigenvalue weighted by molar-refractivity contribution is -0.117. The van der Waals surface area contributed by atoms with Crippen LogP contribution in [0.4, 0.5) is 5.69 Å². The third-order valence-electron chi connectivity index (χ3n) is 10.2. The quantitative estimate of drug-likeness (QED) is 0.100. The number of carbonyl (C=O) groups excluding carboxylic acids is 2. The number of amidine groups is 1. The summed E-state index contributed by atoms with van der Waals surface area (Å²) in [4.78, 5) is 48.7. The van der Waals surface area contributed by atoms with Gasteiger partial charge in [-0.25, -0.2) is 27.1 Å². The molecule has 1 aliphatic heterocycles. The molecule has 57 heavy (non-hydrogen) atoms. The van der Waals surface area contributed by atoms with Gasteiger partial charge in [0.15, 0.2) is 11.9 Å². The van der Waals surface area contributed by atoms with Crippen LogP contribution in [0.2, 0.25) is 0 Å². The molecule has 0 fully saturated rings. The zero-order valence-corrected chi connectivity index (χ0v) is 36.8. The number of hydrogen-bond acceptors (Lipinski definition) is 9. The summed E-state index contributed by atoms with van der Waals surface area (Å²) >= 11 is 0. The van der Waals surface area contributed by atoms with Crippen LogP contribution in [-0.2, 0) is 21.9 Å². The average molecular weight is 817 g/mol. The van der Waals surface area contributed by atoms with E-state index in [0.717, 1.165) is 79.8 Å². The molecule has 1 aromatic heterocycles. The van der Waals surface area contributed by atoms with Crippen LogP contribution in [0.1, 0.15) is 155 Å². The summed E-state index contributed by atoms with van der Waals surface area (Å²) in [6.07, 6.45) is 11.8. The number of amides is 2. The van der Waals surface area contributed by atoms with Gasteiger partial charge in [-0.15, -0.1) is 0 Å². The number of aromatic hydroxyl groups is 1. The van der Waals surface area contributed by atoms with E-state index in [9.17, 15) is 23.1 Å². The van der Waals surface area contributed by atoms with Gasteiger partial charge >= 0.3 is 5.69 Å². The van der Waals surface area contributed by atoms with Crippen LogP contribution >= 0.6 is 0 Å². The van der Waals surface area contributed by atoms with Crippen molar-refractivity contribution < 1.29 is 32.6 Å². The fourth-order valence-corrected chi connectivity index (χ4v) is 8.60. The predicted octanol–water partition coefficient (Wildman–Crippen LogP) is 8.13. The molecule has 0 bridgehead atoms. The van der Waals surface area contributed by atoms with Crippen LogP contribution in [0, 0.1) is 0 Å². The molecule has 2 N–H and O–H groups in total. The normalized spacial score (nSPS) is 15.1. The molecule has 14 nitrogen and oxygen atoms in total. The Morgan fingerprint density at radius 2 is 1.49 bits per heavy atom. The first-order valence-corrected chi connectivity index (χ1v) is 22.2. The third-order valence-corrected chi connectivity index (χ3v) is 12.3. The number of allylic oxidation sites excluding steroid dienone is 2. The van der Waals surface area contributed by atoms with Gasteiger partial charge in [0, 0.05) is 32.7 Å². The van der Waals surface area contributed by atoms with E-state index in [1.54, 1.807) is 33.2 Å². The number of rotatable bonds is 24. The Labute approximate surface area is 340 Å². The first kappa shape index (κ1) is 47.1. The lowest BCUT2D eigenvalue weighted by Gasteiger charge is -2.39. The van der Waals surface area contributed by atoms with E-state index < -0.39 is 39.6 Å². The number of anilines is 1. The minimum absolute atomic E-state index is 0.0441. The van der Waals surface area contributed by atoms with Crippen LogP contribution in [0.15, 0.2) is 38.6 Å². The Bertz CT molecular complexity index is 1900. The molecule has 15 heteroatoms. The van der Waals surface area contributed by atoms with Crippen molar-refractivity contribution in [1.29, 1.82) is 0 Å². The van der Waals surface area contributed by atoms with Crippen LogP contribution in [0.25, 0.3) is 0 Å². The fraction of sp³-hybridized carbons (Fsp3) is 0.667. The number of sulfonamides is 1. The van der Waals surface area contributed by atoms with Gasteiger partial charge in [-0.3, -0.25) is 14.2 Å². The molecule has 1 aromatic carbocycles. The van der Waals surface area contributed by atoms with Crippen LogP contribution in [0.5, 0.6) is 17.5 Å². The highest BCUT2D eigenvalue weighted by molar-refractivity contribution is 7.93. The summed E-state index contributed by atoms with van der Waals surface area (Å²) in [5.41, 5.74) is -0.275. The maximum absolute atomic E-state index is 15.1. The van der Waals surface area contributed by atoms with Crippen molar-refractivity contribution in [3.8, 4) is 17.5 Å². The van der Waals surface area contributed by atoms with Crippen molar-refractivity contribution in [2.75, 3.05) is 26.0 Å². The summed E-state index contributed by atoms with van der Waals surface area (Å²) in [7, 11) is 0.377. The second kappa shape index (κ2) is 22.0. The summed E-state index contributed by atoms with van der Waals surface area (Å²) in [5, 5.41) is 14.7. The van der Waals surface area contributed by atoms with Crippen molar-refractivity contribution in [2.45, 2.75) is 157 Å². The molecular formula is C42H68N6O8S. The molecule has 2 atom stereocenters. The highest BCUT2D eigenvalue weighted by Crippen LogP contribution is 2.37. The predicted molar refractivity (Wildman–Crippen MR) is 227 cm³/mol. The number of imidazole rings is 1. The third kappa shape index (κ3) is 11.9. The Morgan fingerprint density at radius 1 is 0.912 bits per heavy atom. The molecule has 2 aromatic rings. The Morgan fingerprint density at radius 3 is 2.07 bits per heavy atom. The zero-order chi connectivity index (χ0) is 42.4. The number of aliphatic imine (C=N–C) groups is 1. The smallest absolute Gasteiger partial charge is 0.334 e. The number of benzene rings is 1. The molecule has 2 amide bonds. The van der Waals surface area contributed by atoms with E-state index in [-0.39, 0.29) is 57.9 Å². The highest BCUT2D eigenvalue weighted by Gasteiger charge is 2.45. The van der Waals surface area contributed by atoms with Crippen molar-refractivity contribution in [3.05, 3.63) is 44.8 Å². The van der Waals surface area contributed by atoms with Crippen molar-refractivity contribution in [3.63, 3.8) is 0 Å². The van der Waals surface area contributed by atoms with Gasteiger partial charge < -0.3 is 24.8 Å². The Hall–Kier alpha value is -4.27. The highest BCUT2D eigenvalue weighted by atomic mass is 32.2. The molecule has 0 spiro atoms. The second-order valence-electron chi connectivity index (χ2n) is 15.5. The molecule has 1 aliphatic rings. The van der Waals surface area contributed by atoms with E-state index in [1.165, 1.54) is 29.2 Å². The number of ether oxygens (including phenoxy) is 2. The maximum atomic E-state index is 15.1. The Balaban J connectivity index is 2.33. The summed E-state index contributed by atoms with van der Waals surface area (Å²) < 4.78 is 44.6. The van der Waals surface area contributed by atoms with E-state index >= 15 is 4.79 Å². The molecule has 2 unspecified atom stereocenters. The van der Waals surface area contributed by atoms with Crippen LogP contribution in [0.3, 0.4) is 0 Å². The SMILES string of the molecule is CCCCCCCCC(CCCCCC)N1C(C(C(=O)Nc2cc(C(=O)N(C)C)ccc2OC(C)C)n2c(O)c(OCCCC)n(C)c2=O)=NC(C)=C(C)S1(=O)=O. The molecule has 0 saturated carbocycles. The lowest BCUT2D eigenvalue weighted by atomic mass is 9.99. The molecular weight excluding hydrogens is 749 g/mol. The van der Waals surface area contributed by atoms with Gasteiger partial charge in [0.1, 0.15) is 5.75 Å². The lowest BCUT2D eigenvalue weighted by Crippen LogP contribution is -2.53. The molecule has 0 radical (unpaired) electrons. The molecule has 320 valence electrons. The van der Waals surface area contributed by atoms with Gasteiger partial charge in [0.25, 0.3) is 33.6 Å². The monoisotopic (exact) mass is 816 g/mol. The number of aromatic nitrogens is 2. The minimum atomic E-state index is -4.26. The fourth-order valence-electron chi connectivity index (χ4n) is 6.89. The van der Waals surface area contributed by atoms with Gasteiger partial charge in [0.2, 0.25) is 0 Å². The molecule has 3 rings (SSSR count). The standard InChI is InChI=1S/C42H68N6O8S/c1-11-14-17-19-20-22-24-33(23-21-18-15-12-2)48-37(43-30(6)31(7)57(48,53)54)36(47-40(51)41(46(10)42(47)52)55-27-16-13-3)38(49)44-34-28-32(39(50)45(8)9)25-26-35(34)56-29(4)5/h25-26,28-29,33,36,51H,11-24,27H2,1-10H3,(H,44,49). The van der Waals surface area contributed by atoms with E-state index in [0.29, 0.717) is 19.3 Å². The number of carbonyl (C=O) groups is 2. The number of nitrogens with zero attached hydrogens (tertiary/aromatic N) is 5. The Kier molecular flexibility index (Phi) is 18.2. The molecule has 2 heterocycles. The van der Waals surface area contributed by atoms with Gasteiger partial charge in [0.05, 0.1) is 29.0 Å². The van der Waals surface area contributed by atoms with Crippen molar-refractivity contribution in [1.82, 2.24) is 18.3 Å². The van der Waals surface area contributed by atoms with Gasteiger partial charge in [-0.05, 0) is 65.2 Å². The number of hydrogen-bond donors (Lipinski definition) is 2. The first-order chi connectivity index (χ1) is 27.0. The average Bonchev–Trinajstić information content (AvgIpc) is 3.36. The van der Waals surface area contributed by atoms with Crippen molar-refractivity contribution in [2.24, 2.45) is 12.0 Å². The van der Waals surface area contributed by atoms with Crippen molar-refractivity contribution >= 4 is 33.4 Å². The second-order valence-corrected chi connectivity index (χ2v) is 17.4. The van der Waals surface area contributed by atoms with E-state index in [1.807, 2.05) is 20.8 Å². The molecule has 0 aliphatic carbocycles. The minimum Gasteiger partial charge on any atom is -0.491 e. The number of nitrogens with one attached hydrogen (secondary N) is 1.